The van der Waals surface area contributed by atoms with Crippen molar-refractivity contribution in [2.45, 2.75) is 20.1 Å². The van der Waals surface area contributed by atoms with E-state index in [0.29, 0.717) is 18.1 Å². The maximum Gasteiger partial charge on any atom is 0.303 e. The highest BCUT2D eigenvalue weighted by Gasteiger charge is 2.00. The second kappa shape index (κ2) is 6.54. The smallest absolute Gasteiger partial charge is 0.303 e. The number of ether oxygens (including phenoxy) is 2. The Hall–Kier alpha value is -2.36. The van der Waals surface area contributed by atoms with Crippen LogP contribution >= 0.6 is 0 Å². The highest BCUT2D eigenvalue weighted by molar-refractivity contribution is 5.65. The zero-order valence-electron chi connectivity index (χ0n) is 10.7. The minimum absolute atomic E-state index is 0.189. The lowest BCUT2D eigenvalue weighted by molar-refractivity contribution is -0.142. The van der Waals surface area contributed by atoms with Crippen LogP contribution in [0.2, 0.25) is 0 Å². The number of hydrogen-bond acceptors (Lipinski definition) is 4. The molecule has 1 heterocycles. The van der Waals surface area contributed by atoms with Gasteiger partial charge in [0.15, 0.2) is 0 Å². The van der Waals surface area contributed by atoms with E-state index in [1.165, 1.54) is 6.92 Å². The Morgan fingerprint density at radius 2 is 1.89 bits per heavy atom. The molecule has 0 N–H and O–H groups in total. The van der Waals surface area contributed by atoms with Crippen LogP contribution in [0.5, 0.6) is 5.75 Å². The van der Waals surface area contributed by atoms with Gasteiger partial charge in [-0.3, -0.25) is 9.78 Å². The van der Waals surface area contributed by atoms with Gasteiger partial charge in [0, 0.05) is 6.92 Å². The van der Waals surface area contributed by atoms with Gasteiger partial charge in [0.2, 0.25) is 0 Å². The van der Waals surface area contributed by atoms with Crippen LogP contribution in [0.25, 0.3) is 0 Å². The Kier molecular flexibility index (Phi) is 4.50. The molecular weight excluding hydrogens is 242 g/mol. The van der Waals surface area contributed by atoms with Gasteiger partial charge in [0.25, 0.3) is 0 Å². The molecule has 0 radical (unpaired) electrons. The summed E-state index contributed by atoms with van der Waals surface area (Å²) in [6.45, 7) is 2.07. The summed E-state index contributed by atoms with van der Waals surface area (Å²) >= 11 is 0. The van der Waals surface area contributed by atoms with E-state index >= 15 is 0 Å². The topological polar surface area (TPSA) is 48.4 Å². The van der Waals surface area contributed by atoms with E-state index in [0.717, 1.165) is 5.56 Å². The first-order valence-corrected chi connectivity index (χ1v) is 5.99. The molecule has 0 aliphatic carbocycles. The van der Waals surface area contributed by atoms with Crippen molar-refractivity contribution >= 4 is 5.97 Å². The van der Waals surface area contributed by atoms with Gasteiger partial charge >= 0.3 is 5.97 Å². The third-order valence-electron chi connectivity index (χ3n) is 2.47. The molecule has 0 aliphatic heterocycles. The van der Waals surface area contributed by atoms with E-state index in [2.05, 4.69) is 4.98 Å². The molecule has 2 aromatic rings. The van der Waals surface area contributed by atoms with E-state index in [1.54, 1.807) is 12.3 Å². The van der Waals surface area contributed by atoms with Gasteiger partial charge in [-0.15, -0.1) is 0 Å². The fourth-order valence-corrected chi connectivity index (χ4v) is 1.50. The van der Waals surface area contributed by atoms with Crippen LogP contribution in [0.4, 0.5) is 0 Å². The number of aromatic nitrogens is 1. The van der Waals surface area contributed by atoms with E-state index in [9.17, 15) is 4.79 Å². The molecule has 0 atom stereocenters. The number of hydrogen-bond donors (Lipinski definition) is 0. The van der Waals surface area contributed by atoms with Crippen molar-refractivity contribution < 1.29 is 14.3 Å². The summed E-state index contributed by atoms with van der Waals surface area (Å²) < 4.78 is 10.5. The zero-order chi connectivity index (χ0) is 13.5. The van der Waals surface area contributed by atoms with Crippen LogP contribution in [-0.2, 0) is 22.7 Å². The Morgan fingerprint density at radius 3 is 2.53 bits per heavy atom. The van der Waals surface area contributed by atoms with Gasteiger partial charge in [-0.2, -0.15) is 0 Å². The van der Waals surface area contributed by atoms with Crippen LogP contribution < -0.4 is 4.74 Å². The van der Waals surface area contributed by atoms with Crippen molar-refractivity contribution in [3.8, 4) is 5.75 Å². The Bertz CT molecular complexity index is 523. The number of nitrogens with zero attached hydrogens (tertiary/aromatic N) is 1. The quantitative estimate of drug-likeness (QED) is 0.773. The lowest BCUT2D eigenvalue weighted by atomic mass is 10.2. The lowest BCUT2D eigenvalue weighted by Gasteiger charge is -2.06. The number of pyridine rings is 1. The number of rotatable bonds is 5. The highest BCUT2D eigenvalue weighted by atomic mass is 16.5. The summed E-state index contributed by atoms with van der Waals surface area (Å²) in [5.41, 5.74) is 1.80. The van der Waals surface area contributed by atoms with Crippen molar-refractivity contribution in [1.82, 2.24) is 4.98 Å². The molecule has 0 amide bonds. The molecule has 0 spiro atoms. The molecule has 19 heavy (non-hydrogen) atoms. The van der Waals surface area contributed by atoms with Crippen LogP contribution in [0.1, 0.15) is 18.2 Å². The fourth-order valence-electron chi connectivity index (χ4n) is 1.50. The summed E-state index contributed by atoms with van der Waals surface area (Å²) in [7, 11) is 0. The number of esters is 1. The predicted octanol–water partition coefficient (Wildman–Crippen LogP) is 2.72. The van der Waals surface area contributed by atoms with Gasteiger partial charge in [0.1, 0.15) is 19.0 Å². The van der Waals surface area contributed by atoms with Crippen LogP contribution in [0.3, 0.4) is 0 Å². The van der Waals surface area contributed by atoms with Crippen LogP contribution in [0, 0.1) is 0 Å². The standard InChI is InChI=1S/C15H15NO3/c1-12(17)18-11-14-7-8-15(9-16-14)19-10-13-5-3-2-4-6-13/h2-9H,10-11H2,1H3. The molecule has 0 fully saturated rings. The molecule has 0 unspecified atom stereocenters. The monoisotopic (exact) mass is 257 g/mol. The summed E-state index contributed by atoms with van der Waals surface area (Å²) in [6.07, 6.45) is 1.63. The first-order chi connectivity index (χ1) is 9.24. The number of benzene rings is 1. The van der Waals surface area contributed by atoms with Gasteiger partial charge in [-0.1, -0.05) is 30.3 Å². The minimum atomic E-state index is -0.314. The second-order valence-electron chi connectivity index (χ2n) is 4.04. The number of carbonyl (C=O) groups is 1. The van der Waals surface area contributed by atoms with Crippen molar-refractivity contribution in [1.29, 1.82) is 0 Å². The van der Waals surface area contributed by atoms with E-state index in [4.69, 9.17) is 9.47 Å². The average Bonchev–Trinajstić information content (AvgIpc) is 2.45. The molecule has 1 aromatic carbocycles. The third kappa shape index (κ3) is 4.43. The Morgan fingerprint density at radius 1 is 1.11 bits per heavy atom. The summed E-state index contributed by atoms with van der Waals surface area (Å²) in [6, 6.07) is 13.5. The molecule has 2 rings (SSSR count). The van der Waals surface area contributed by atoms with Crippen LogP contribution in [0.15, 0.2) is 48.7 Å². The summed E-state index contributed by atoms with van der Waals surface area (Å²) in [4.78, 5) is 14.8. The van der Waals surface area contributed by atoms with E-state index in [1.807, 2.05) is 36.4 Å². The molecule has 0 aliphatic rings. The Labute approximate surface area is 112 Å². The Balaban J connectivity index is 1.86. The minimum Gasteiger partial charge on any atom is -0.487 e. The highest BCUT2D eigenvalue weighted by Crippen LogP contribution is 2.12. The van der Waals surface area contributed by atoms with Crippen molar-refractivity contribution in [3.63, 3.8) is 0 Å². The zero-order valence-corrected chi connectivity index (χ0v) is 10.7. The number of carbonyl (C=O) groups excluding carboxylic acids is 1. The predicted molar refractivity (Wildman–Crippen MR) is 70.5 cm³/mol. The van der Waals surface area contributed by atoms with Crippen molar-refractivity contribution in [3.05, 3.63) is 59.9 Å². The van der Waals surface area contributed by atoms with Crippen molar-refractivity contribution in [2.75, 3.05) is 0 Å². The molecule has 0 saturated heterocycles. The molecule has 4 nitrogen and oxygen atoms in total. The molecule has 98 valence electrons. The molecule has 0 bridgehead atoms. The fraction of sp³-hybridized carbons (Fsp3) is 0.200. The average molecular weight is 257 g/mol. The normalized spacial score (nSPS) is 9.95. The second-order valence-corrected chi connectivity index (χ2v) is 4.04. The summed E-state index contributed by atoms with van der Waals surface area (Å²) in [5.74, 6) is 0.377. The molecule has 1 aromatic heterocycles. The van der Waals surface area contributed by atoms with E-state index < -0.39 is 0 Å². The summed E-state index contributed by atoms with van der Waals surface area (Å²) in [5, 5.41) is 0. The van der Waals surface area contributed by atoms with Gasteiger partial charge < -0.3 is 9.47 Å². The molecular formula is C15H15NO3. The molecule has 0 saturated carbocycles. The third-order valence-corrected chi connectivity index (χ3v) is 2.47. The lowest BCUT2D eigenvalue weighted by Crippen LogP contribution is -2.01. The van der Waals surface area contributed by atoms with Crippen molar-refractivity contribution in [2.24, 2.45) is 0 Å². The largest absolute Gasteiger partial charge is 0.487 e. The van der Waals surface area contributed by atoms with Crippen LogP contribution in [-0.4, -0.2) is 11.0 Å². The maximum atomic E-state index is 10.7. The van der Waals surface area contributed by atoms with Gasteiger partial charge in [0.05, 0.1) is 11.9 Å². The molecule has 4 heteroatoms. The van der Waals surface area contributed by atoms with E-state index in [-0.39, 0.29) is 12.6 Å². The van der Waals surface area contributed by atoms with Gasteiger partial charge in [-0.05, 0) is 17.7 Å². The first kappa shape index (κ1) is 13.1. The van der Waals surface area contributed by atoms with Gasteiger partial charge in [-0.25, -0.2) is 0 Å². The SMILES string of the molecule is CC(=O)OCc1ccc(OCc2ccccc2)cn1. The maximum absolute atomic E-state index is 10.7. The first-order valence-electron chi connectivity index (χ1n) is 5.99.